The topological polar surface area (TPSA) is 65.2 Å². The van der Waals surface area contributed by atoms with Gasteiger partial charge in [-0.3, -0.25) is 9.78 Å². The summed E-state index contributed by atoms with van der Waals surface area (Å²) in [4.78, 5) is 16.2. The van der Waals surface area contributed by atoms with Crippen LogP contribution in [0.25, 0.3) is 10.9 Å². The van der Waals surface area contributed by atoms with Gasteiger partial charge in [0.15, 0.2) is 0 Å². The van der Waals surface area contributed by atoms with E-state index in [4.69, 9.17) is 10.5 Å². The van der Waals surface area contributed by atoms with Crippen molar-refractivity contribution in [3.63, 3.8) is 0 Å². The van der Waals surface area contributed by atoms with Crippen molar-refractivity contribution in [1.82, 2.24) is 4.98 Å². The van der Waals surface area contributed by atoms with Gasteiger partial charge in [-0.15, -0.1) is 0 Å². The molecule has 4 heteroatoms. The Morgan fingerprint density at radius 3 is 2.80 bits per heavy atom. The highest BCUT2D eigenvalue weighted by molar-refractivity contribution is 5.80. The quantitative estimate of drug-likeness (QED) is 0.872. The van der Waals surface area contributed by atoms with E-state index in [-0.39, 0.29) is 5.97 Å². The van der Waals surface area contributed by atoms with E-state index in [1.807, 2.05) is 51.1 Å². The first-order chi connectivity index (χ1) is 9.35. The van der Waals surface area contributed by atoms with E-state index in [1.165, 1.54) is 0 Å². The molecular weight excluding hydrogens is 252 g/mol. The lowest BCUT2D eigenvalue weighted by Gasteiger charge is -2.22. The number of carbonyl (C=O) groups is 1. The molecule has 20 heavy (non-hydrogen) atoms. The van der Waals surface area contributed by atoms with Crippen LogP contribution in [0.5, 0.6) is 0 Å². The van der Waals surface area contributed by atoms with Crippen molar-refractivity contribution in [3.05, 3.63) is 42.1 Å². The van der Waals surface area contributed by atoms with Crippen LogP contribution >= 0.6 is 0 Å². The minimum atomic E-state index is -0.657. The van der Waals surface area contributed by atoms with Crippen LogP contribution in [0.2, 0.25) is 0 Å². The van der Waals surface area contributed by atoms with Crippen LogP contribution in [0.15, 0.2) is 36.5 Å². The van der Waals surface area contributed by atoms with E-state index in [0.717, 1.165) is 16.5 Å². The van der Waals surface area contributed by atoms with Gasteiger partial charge in [0, 0.05) is 11.6 Å². The van der Waals surface area contributed by atoms with Crippen LogP contribution < -0.4 is 5.73 Å². The number of hydrogen-bond donors (Lipinski definition) is 1. The summed E-state index contributed by atoms with van der Waals surface area (Å²) < 4.78 is 5.28. The number of ether oxygens (including phenoxy) is 1. The van der Waals surface area contributed by atoms with Gasteiger partial charge >= 0.3 is 5.97 Å². The molecule has 0 spiro atoms. The molecule has 4 nitrogen and oxygen atoms in total. The minimum absolute atomic E-state index is 0.376. The van der Waals surface area contributed by atoms with E-state index in [9.17, 15) is 4.79 Å². The summed E-state index contributed by atoms with van der Waals surface area (Å²) in [6, 6.07) is 9.15. The predicted octanol–water partition coefficient (Wildman–Crippen LogP) is 2.45. The van der Waals surface area contributed by atoms with Gasteiger partial charge in [0.2, 0.25) is 0 Å². The number of nitrogens with two attached hydrogens (primary N) is 1. The molecule has 0 bridgehead atoms. The second-order valence-corrected chi connectivity index (χ2v) is 5.87. The first kappa shape index (κ1) is 14.5. The van der Waals surface area contributed by atoms with E-state index < -0.39 is 11.6 Å². The number of carbonyl (C=O) groups excluding carboxylic acids is 1. The average Bonchev–Trinajstić information content (AvgIpc) is 2.36. The van der Waals surface area contributed by atoms with E-state index in [2.05, 4.69) is 4.98 Å². The second-order valence-electron chi connectivity index (χ2n) is 5.87. The van der Waals surface area contributed by atoms with Crippen molar-refractivity contribution in [1.29, 1.82) is 0 Å². The summed E-state index contributed by atoms with van der Waals surface area (Å²) in [5.41, 5.74) is 7.28. The van der Waals surface area contributed by atoms with Crippen molar-refractivity contribution in [2.45, 2.75) is 38.8 Å². The third-order valence-electron chi connectivity index (χ3n) is 2.84. The third-order valence-corrected chi connectivity index (χ3v) is 2.84. The summed E-state index contributed by atoms with van der Waals surface area (Å²) in [5.74, 6) is -0.376. The lowest BCUT2D eigenvalue weighted by Crippen LogP contribution is -2.38. The number of aromatic nitrogens is 1. The van der Waals surface area contributed by atoms with Gasteiger partial charge in [0.1, 0.15) is 11.6 Å². The van der Waals surface area contributed by atoms with Gasteiger partial charge in [0.25, 0.3) is 0 Å². The molecule has 0 amide bonds. The van der Waals surface area contributed by atoms with Crippen LogP contribution in [0, 0.1) is 0 Å². The molecule has 0 saturated heterocycles. The second kappa shape index (κ2) is 5.59. The standard InChI is InChI=1S/C16H20N2O2/c1-16(2,3)20-15(19)13(17)9-11-6-7-12-5-4-8-18-14(12)10-11/h4-8,10,13H,9,17H2,1-3H3/t13-/m1/s1. The molecule has 1 atom stereocenters. The van der Waals surface area contributed by atoms with Gasteiger partial charge in [0.05, 0.1) is 5.52 Å². The first-order valence-electron chi connectivity index (χ1n) is 6.67. The molecule has 2 rings (SSSR count). The average molecular weight is 272 g/mol. The zero-order valence-electron chi connectivity index (χ0n) is 12.1. The molecule has 2 N–H and O–H groups in total. The van der Waals surface area contributed by atoms with Gasteiger partial charge in [-0.2, -0.15) is 0 Å². The molecule has 0 unspecified atom stereocenters. The fourth-order valence-corrected chi connectivity index (χ4v) is 1.95. The fourth-order valence-electron chi connectivity index (χ4n) is 1.95. The lowest BCUT2D eigenvalue weighted by molar-refractivity contribution is -0.156. The number of hydrogen-bond acceptors (Lipinski definition) is 4. The van der Waals surface area contributed by atoms with Crippen molar-refractivity contribution < 1.29 is 9.53 Å². The number of rotatable bonds is 3. The fraction of sp³-hybridized carbons (Fsp3) is 0.375. The lowest BCUT2D eigenvalue weighted by atomic mass is 10.0. The van der Waals surface area contributed by atoms with Gasteiger partial charge in [-0.1, -0.05) is 18.2 Å². The van der Waals surface area contributed by atoms with Crippen molar-refractivity contribution in [2.75, 3.05) is 0 Å². The Morgan fingerprint density at radius 1 is 1.35 bits per heavy atom. The molecule has 0 fully saturated rings. The molecule has 1 aromatic heterocycles. The first-order valence-corrected chi connectivity index (χ1v) is 6.67. The zero-order chi connectivity index (χ0) is 14.8. The van der Waals surface area contributed by atoms with Gasteiger partial charge in [-0.05, 0) is 44.9 Å². The summed E-state index contributed by atoms with van der Waals surface area (Å²) in [6.07, 6.45) is 2.20. The largest absolute Gasteiger partial charge is 0.459 e. The van der Waals surface area contributed by atoms with Gasteiger partial charge < -0.3 is 10.5 Å². The molecular formula is C16H20N2O2. The van der Waals surface area contributed by atoms with Crippen molar-refractivity contribution in [3.8, 4) is 0 Å². The predicted molar refractivity (Wildman–Crippen MR) is 79.3 cm³/mol. The summed E-state index contributed by atoms with van der Waals surface area (Å²) in [6.45, 7) is 5.49. The molecule has 1 heterocycles. The van der Waals surface area contributed by atoms with Crippen molar-refractivity contribution >= 4 is 16.9 Å². The number of nitrogens with zero attached hydrogens (tertiary/aromatic N) is 1. The minimum Gasteiger partial charge on any atom is -0.459 e. The Balaban J connectivity index is 2.09. The third kappa shape index (κ3) is 3.78. The van der Waals surface area contributed by atoms with Crippen LogP contribution in [0.3, 0.4) is 0 Å². The van der Waals surface area contributed by atoms with Gasteiger partial charge in [-0.25, -0.2) is 0 Å². The Morgan fingerprint density at radius 2 is 2.10 bits per heavy atom. The number of fused-ring (bicyclic) bond motifs is 1. The number of pyridine rings is 1. The van der Waals surface area contributed by atoms with Crippen LogP contribution in [0.1, 0.15) is 26.3 Å². The molecule has 106 valence electrons. The summed E-state index contributed by atoms with van der Waals surface area (Å²) >= 11 is 0. The molecule has 2 aromatic rings. The molecule has 0 radical (unpaired) electrons. The van der Waals surface area contributed by atoms with Crippen LogP contribution in [-0.4, -0.2) is 22.6 Å². The monoisotopic (exact) mass is 272 g/mol. The molecule has 0 aliphatic carbocycles. The highest BCUT2D eigenvalue weighted by atomic mass is 16.6. The highest BCUT2D eigenvalue weighted by Gasteiger charge is 2.22. The Kier molecular flexibility index (Phi) is 4.04. The maximum atomic E-state index is 11.9. The smallest absolute Gasteiger partial charge is 0.323 e. The molecule has 0 aliphatic heterocycles. The van der Waals surface area contributed by atoms with E-state index in [0.29, 0.717) is 6.42 Å². The van der Waals surface area contributed by atoms with E-state index >= 15 is 0 Å². The van der Waals surface area contributed by atoms with Crippen molar-refractivity contribution in [2.24, 2.45) is 5.73 Å². The highest BCUT2D eigenvalue weighted by Crippen LogP contribution is 2.15. The summed E-state index contributed by atoms with van der Waals surface area (Å²) in [5, 5.41) is 1.07. The molecule has 0 saturated carbocycles. The normalized spacial score (nSPS) is 13.2. The Bertz CT molecular complexity index is 617. The maximum absolute atomic E-state index is 11.9. The number of esters is 1. The Labute approximate surface area is 119 Å². The Hall–Kier alpha value is -1.94. The molecule has 1 aromatic carbocycles. The maximum Gasteiger partial charge on any atom is 0.323 e. The van der Waals surface area contributed by atoms with Crippen LogP contribution in [-0.2, 0) is 16.0 Å². The summed E-state index contributed by atoms with van der Waals surface area (Å²) in [7, 11) is 0. The molecule has 0 aliphatic rings. The van der Waals surface area contributed by atoms with Crippen LogP contribution in [0.4, 0.5) is 0 Å². The van der Waals surface area contributed by atoms with E-state index in [1.54, 1.807) is 6.20 Å². The SMILES string of the molecule is CC(C)(C)OC(=O)[C@H](N)Cc1ccc2cccnc2c1. The zero-order valence-corrected chi connectivity index (χ0v) is 12.1. The number of benzene rings is 1.